The van der Waals surface area contributed by atoms with Crippen LogP contribution in [-0.2, 0) is 0 Å². The van der Waals surface area contributed by atoms with E-state index in [1.807, 2.05) is 6.07 Å². The molecule has 0 amide bonds. The molecule has 0 saturated heterocycles. The Morgan fingerprint density at radius 3 is 2.67 bits per heavy atom. The van der Waals surface area contributed by atoms with Gasteiger partial charge in [0.25, 0.3) is 0 Å². The molecule has 0 nitrogen and oxygen atoms in total. The number of hydrogen-bond acceptors (Lipinski definition) is 1. The van der Waals surface area contributed by atoms with Gasteiger partial charge in [0.05, 0.1) is 4.88 Å². The first-order valence-electron chi connectivity index (χ1n) is 2.15. The molecule has 0 aliphatic rings. The first kappa shape index (κ1) is 7.14. The van der Waals surface area contributed by atoms with Gasteiger partial charge in [-0.3, -0.25) is 0 Å². The number of hydrogen-bond donors (Lipinski definition) is 0. The van der Waals surface area contributed by atoms with Gasteiger partial charge in [-0.1, -0.05) is 17.5 Å². The topological polar surface area (TPSA) is 0 Å². The van der Waals surface area contributed by atoms with Crippen LogP contribution in [0.15, 0.2) is 10.5 Å². The summed E-state index contributed by atoms with van der Waals surface area (Å²) in [5.74, 6) is 2.49. The molecule has 0 unspecified atom stereocenters. The van der Waals surface area contributed by atoms with Gasteiger partial charge in [0.2, 0.25) is 0 Å². The van der Waals surface area contributed by atoms with E-state index in [2.05, 4.69) is 21.9 Å². The van der Waals surface area contributed by atoms with Crippen molar-refractivity contribution in [3.63, 3.8) is 0 Å². The summed E-state index contributed by atoms with van der Waals surface area (Å²) >= 11 is 10.3. The molecular weight excluding hydrogens is 219 g/mol. The molecule has 0 radical (unpaired) electrons. The maximum atomic E-state index is 5.68. The lowest BCUT2D eigenvalue weighted by atomic mass is 10.5. The van der Waals surface area contributed by atoms with Crippen LogP contribution in [0.4, 0.5) is 0 Å². The molecule has 0 saturated carbocycles. The maximum absolute atomic E-state index is 5.68. The van der Waals surface area contributed by atoms with Crippen LogP contribution in [0.5, 0.6) is 0 Å². The van der Waals surface area contributed by atoms with Crippen molar-refractivity contribution in [2.45, 2.75) is 0 Å². The van der Waals surface area contributed by atoms with E-state index in [1.54, 1.807) is 0 Å². The monoisotopic (exact) mass is 220 g/mol. The van der Waals surface area contributed by atoms with Gasteiger partial charge in [-0.05, 0) is 22.0 Å². The van der Waals surface area contributed by atoms with Gasteiger partial charge in [0.1, 0.15) is 4.34 Å². The van der Waals surface area contributed by atoms with E-state index in [9.17, 15) is 0 Å². The summed E-state index contributed by atoms with van der Waals surface area (Å²) in [5, 5.41) is 0. The van der Waals surface area contributed by atoms with E-state index in [1.165, 1.54) is 11.3 Å². The average molecular weight is 222 g/mol. The zero-order chi connectivity index (χ0) is 6.85. The normalized spacial score (nSPS) is 9.00. The van der Waals surface area contributed by atoms with E-state index < -0.39 is 0 Å². The third-order valence-corrected chi connectivity index (χ3v) is 3.19. The summed E-state index contributed by atoms with van der Waals surface area (Å²) < 4.78 is 1.59. The van der Waals surface area contributed by atoms with Crippen LogP contribution < -0.4 is 0 Å². The highest BCUT2D eigenvalue weighted by Gasteiger charge is 2.00. The second-order valence-electron chi connectivity index (χ2n) is 1.38. The Bertz CT molecular complexity index is 239. The van der Waals surface area contributed by atoms with Crippen molar-refractivity contribution in [2.75, 3.05) is 0 Å². The van der Waals surface area contributed by atoms with Crippen molar-refractivity contribution >= 4 is 38.9 Å². The first-order valence-corrected chi connectivity index (χ1v) is 4.14. The predicted octanol–water partition coefficient (Wildman–Crippen LogP) is 3.15. The van der Waals surface area contributed by atoms with E-state index in [0.717, 1.165) is 9.35 Å². The van der Waals surface area contributed by atoms with Crippen molar-refractivity contribution in [3.05, 3.63) is 19.8 Å². The van der Waals surface area contributed by atoms with E-state index in [4.69, 9.17) is 18.0 Å². The molecule has 1 aromatic rings. The van der Waals surface area contributed by atoms with Gasteiger partial charge in [-0.2, -0.15) is 0 Å². The number of halogens is 2. The van der Waals surface area contributed by atoms with Crippen molar-refractivity contribution in [1.29, 1.82) is 0 Å². The third-order valence-electron chi connectivity index (χ3n) is 0.787. The molecule has 3 heteroatoms. The molecular formula is C6H2BrClS. The van der Waals surface area contributed by atoms with E-state index in [-0.39, 0.29) is 0 Å². The zero-order valence-corrected chi connectivity index (χ0v) is 7.48. The van der Waals surface area contributed by atoms with Gasteiger partial charge in [-0.15, -0.1) is 17.8 Å². The van der Waals surface area contributed by atoms with Gasteiger partial charge < -0.3 is 0 Å². The summed E-state index contributed by atoms with van der Waals surface area (Å²) in [6.07, 6.45) is 5.11. The molecule has 0 aromatic carbocycles. The molecule has 1 rings (SSSR count). The standard InChI is InChI=1S/C6H2BrClS/c1-2-4-3-5(7)6(8)9-4/h1,3H. The summed E-state index contributed by atoms with van der Waals surface area (Å²) in [5.41, 5.74) is 0. The second-order valence-corrected chi connectivity index (χ2v) is 3.89. The highest BCUT2D eigenvalue weighted by molar-refractivity contribution is 9.10. The SMILES string of the molecule is C#Cc1cc(Br)c(Cl)s1. The Labute approximate surface area is 71.0 Å². The van der Waals surface area contributed by atoms with Gasteiger partial charge in [0, 0.05) is 4.47 Å². The van der Waals surface area contributed by atoms with Crippen LogP contribution in [0.1, 0.15) is 4.88 Å². The lowest BCUT2D eigenvalue weighted by Gasteiger charge is -1.73. The number of rotatable bonds is 0. The summed E-state index contributed by atoms with van der Waals surface area (Å²) in [6, 6.07) is 1.83. The summed E-state index contributed by atoms with van der Waals surface area (Å²) in [6.45, 7) is 0. The van der Waals surface area contributed by atoms with Crippen LogP contribution in [-0.4, -0.2) is 0 Å². The minimum Gasteiger partial charge on any atom is -0.114 e. The van der Waals surface area contributed by atoms with E-state index in [0.29, 0.717) is 4.34 Å². The smallest absolute Gasteiger partial charge is 0.108 e. The highest BCUT2D eigenvalue weighted by atomic mass is 79.9. The van der Waals surface area contributed by atoms with Gasteiger partial charge in [-0.25, -0.2) is 0 Å². The number of terminal acetylenes is 1. The first-order chi connectivity index (χ1) is 4.24. The fourth-order valence-electron chi connectivity index (χ4n) is 0.418. The van der Waals surface area contributed by atoms with Crippen molar-refractivity contribution < 1.29 is 0 Å². The molecule has 0 spiro atoms. The van der Waals surface area contributed by atoms with Crippen molar-refractivity contribution in [2.24, 2.45) is 0 Å². The quantitative estimate of drug-likeness (QED) is 0.591. The van der Waals surface area contributed by atoms with Crippen molar-refractivity contribution in [1.82, 2.24) is 0 Å². The molecule has 0 aliphatic carbocycles. The minimum absolute atomic E-state index is 0.711. The largest absolute Gasteiger partial charge is 0.114 e. The Kier molecular flexibility index (Phi) is 2.18. The zero-order valence-electron chi connectivity index (χ0n) is 4.32. The van der Waals surface area contributed by atoms with Crippen LogP contribution in [0, 0.1) is 12.3 Å². The highest BCUT2D eigenvalue weighted by Crippen LogP contribution is 2.31. The Morgan fingerprint density at radius 2 is 2.44 bits per heavy atom. The fraction of sp³-hybridized carbons (Fsp3) is 0. The lowest BCUT2D eigenvalue weighted by Crippen LogP contribution is -1.52. The molecule has 46 valence electrons. The van der Waals surface area contributed by atoms with Gasteiger partial charge in [0.15, 0.2) is 0 Å². The summed E-state index contributed by atoms with van der Waals surface area (Å²) in [4.78, 5) is 0.854. The molecule has 9 heavy (non-hydrogen) atoms. The molecule has 0 N–H and O–H groups in total. The van der Waals surface area contributed by atoms with Crippen LogP contribution in [0.3, 0.4) is 0 Å². The second kappa shape index (κ2) is 2.74. The van der Waals surface area contributed by atoms with Crippen molar-refractivity contribution in [3.8, 4) is 12.3 Å². The number of thiophene rings is 1. The molecule has 0 atom stereocenters. The Balaban J connectivity index is 3.16. The van der Waals surface area contributed by atoms with Crippen LogP contribution in [0.25, 0.3) is 0 Å². The molecule has 1 aromatic heterocycles. The maximum Gasteiger partial charge on any atom is 0.108 e. The van der Waals surface area contributed by atoms with Gasteiger partial charge >= 0.3 is 0 Å². The third kappa shape index (κ3) is 1.48. The molecule has 0 bridgehead atoms. The fourth-order valence-corrected chi connectivity index (χ4v) is 1.93. The Hall–Kier alpha value is 0.0300. The predicted molar refractivity (Wildman–Crippen MR) is 45.0 cm³/mol. The lowest BCUT2D eigenvalue weighted by molar-refractivity contribution is 1.85. The van der Waals surface area contributed by atoms with Crippen LogP contribution in [0.2, 0.25) is 4.34 Å². The molecule has 1 heterocycles. The van der Waals surface area contributed by atoms with E-state index >= 15 is 0 Å². The molecule has 0 fully saturated rings. The summed E-state index contributed by atoms with van der Waals surface area (Å²) in [7, 11) is 0. The minimum atomic E-state index is 0.711. The molecule has 0 aliphatic heterocycles. The Morgan fingerprint density at radius 1 is 1.78 bits per heavy atom. The van der Waals surface area contributed by atoms with Crippen LogP contribution >= 0.6 is 38.9 Å². The average Bonchev–Trinajstić information content (AvgIpc) is 2.13.